The quantitative estimate of drug-likeness (QED) is 0.431. The summed E-state index contributed by atoms with van der Waals surface area (Å²) in [7, 11) is 2.15. The Labute approximate surface area is 144 Å². The number of hydrogen-bond donors (Lipinski definition) is 0. The van der Waals surface area contributed by atoms with Crippen LogP contribution in [0.5, 0.6) is 0 Å². The summed E-state index contributed by atoms with van der Waals surface area (Å²) in [5, 5.41) is 15.2. The molecule has 0 aliphatic carbocycles. The van der Waals surface area contributed by atoms with Crippen LogP contribution in [0.3, 0.4) is 0 Å². The van der Waals surface area contributed by atoms with Gasteiger partial charge in [-0.3, -0.25) is 10.1 Å². The Morgan fingerprint density at radius 1 is 1.21 bits per heavy atom. The molecule has 10 heteroatoms. The molecule has 0 saturated heterocycles. The van der Waals surface area contributed by atoms with Crippen molar-refractivity contribution < 1.29 is 24.0 Å². The second-order valence-corrected chi connectivity index (χ2v) is 5.49. The minimum Gasteiger partial charge on any atom is -0.464 e. The first-order chi connectivity index (χ1) is 11.4. The zero-order chi connectivity index (χ0) is 17.9. The van der Waals surface area contributed by atoms with Crippen LogP contribution >= 0.6 is 15.9 Å². The first-order valence-electron chi connectivity index (χ1n) is 6.55. The molecule has 24 heavy (non-hydrogen) atoms. The fraction of sp³-hybridized carbons (Fsp3) is 0.214. The maximum Gasteiger partial charge on any atom is 0.365 e. The Hall–Kier alpha value is -2.75. The minimum absolute atomic E-state index is 0.0372. The summed E-state index contributed by atoms with van der Waals surface area (Å²) >= 11 is 3.30. The van der Waals surface area contributed by atoms with Gasteiger partial charge in [0.15, 0.2) is 0 Å². The molecule has 9 nitrogen and oxygen atoms in total. The first-order valence-corrected chi connectivity index (χ1v) is 7.34. The summed E-state index contributed by atoms with van der Waals surface area (Å²) in [6, 6.07) is 7.03. The predicted molar refractivity (Wildman–Crippen MR) is 84.8 cm³/mol. The number of halogens is 1. The molecule has 126 valence electrons. The molecule has 0 saturated carbocycles. The standard InChI is InChI=1S/C14H12BrN3O6/c1-23-13(19)10-11(18(21)22)12(14(20)24-2)17(16-10)7-8-3-5-9(15)6-4-8/h3-6H,7H2,1-2H3. The smallest absolute Gasteiger partial charge is 0.365 e. The average Bonchev–Trinajstić information content (AvgIpc) is 2.95. The molecule has 0 spiro atoms. The topological polar surface area (TPSA) is 114 Å². The van der Waals surface area contributed by atoms with Crippen LogP contribution in [0.4, 0.5) is 5.69 Å². The summed E-state index contributed by atoms with van der Waals surface area (Å²) in [6.45, 7) is 0.0372. The molecule has 0 aliphatic rings. The van der Waals surface area contributed by atoms with Crippen LogP contribution in [0.15, 0.2) is 28.7 Å². The van der Waals surface area contributed by atoms with Gasteiger partial charge < -0.3 is 9.47 Å². The van der Waals surface area contributed by atoms with Crippen LogP contribution in [0.25, 0.3) is 0 Å². The van der Waals surface area contributed by atoms with E-state index in [-0.39, 0.29) is 6.54 Å². The molecule has 2 rings (SSSR count). The number of carbonyl (C=O) groups is 2. The molecule has 1 aromatic heterocycles. The van der Waals surface area contributed by atoms with E-state index in [0.717, 1.165) is 28.9 Å². The van der Waals surface area contributed by atoms with E-state index in [9.17, 15) is 19.7 Å². The van der Waals surface area contributed by atoms with Crippen LogP contribution in [0, 0.1) is 10.1 Å². The molecular formula is C14H12BrN3O6. The number of aromatic nitrogens is 2. The molecule has 0 radical (unpaired) electrons. The lowest BCUT2D eigenvalue weighted by Crippen LogP contribution is -2.14. The van der Waals surface area contributed by atoms with Gasteiger partial charge in [-0.2, -0.15) is 5.10 Å². The molecule has 1 heterocycles. The first kappa shape index (κ1) is 17.6. The van der Waals surface area contributed by atoms with E-state index in [4.69, 9.17) is 0 Å². The number of benzene rings is 1. The zero-order valence-corrected chi connectivity index (χ0v) is 14.3. The van der Waals surface area contributed by atoms with E-state index in [1.54, 1.807) is 24.3 Å². The van der Waals surface area contributed by atoms with Crippen LogP contribution < -0.4 is 0 Å². The summed E-state index contributed by atoms with van der Waals surface area (Å²) in [5.74, 6) is -1.98. The van der Waals surface area contributed by atoms with E-state index < -0.39 is 33.9 Å². The summed E-state index contributed by atoms with van der Waals surface area (Å²) in [4.78, 5) is 34.2. The van der Waals surface area contributed by atoms with Crippen molar-refractivity contribution >= 4 is 33.6 Å². The molecular weight excluding hydrogens is 386 g/mol. The third-order valence-electron chi connectivity index (χ3n) is 3.11. The minimum atomic E-state index is -1.01. The number of nitrogens with zero attached hydrogens (tertiary/aromatic N) is 3. The second kappa shape index (κ2) is 7.21. The Kier molecular flexibility index (Phi) is 5.29. The van der Waals surface area contributed by atoms with Gasteiger partial charge in [-0.05, 0) is 17.7 Å². The highest BCUT2D eigenvalue weighted by Gasteiger charge is 2.37. The number of methoxy groups -OCH3 is 2. The zero-order valence-electron chi connectivity index (χ0n) is 12.7. The number of hydrogen-bond acceptors (Lipinski definition) is 7. The number of nitro groups is 1. The highest BCUT2D eigenvalue weighted by Crippen LogP contribution is 2.26. The van der Waals surface area contributed by atoms with Gasteiger partial charge in [0.25, 0.3) is 0 Å². The van der Waals surface area contributed by atoms with E-state index in [0.29, 0.717) is 0 Å². The molecule has 0 atom stereocenters. The van der Waals surface area contributed by atoms with Gasteiger partial charge in [-0.25, -0.2) is 14.3 Å². The maximum atomic E-state index is 12.0. The lowest BCUT2D eigenvalue weighted by atomic mass is 10.2. The molecule has 0 bridgehead atoms. The van der Waals surface area contributed by atoms with Gasteiger partial charge in [-0.15, -0.1) is 0 Å². The normalized spacial score (nSPS) is 10.3. The van der Waals surface area contributed by atoms with Gasteiger partial charge in [0.05, 0.1) is 25.7 Å². The van der Waals surface area contributed by atoms with E-state index in [2.05, 4.69) is 30.5 Å². The van der Waals surface area contributed by atoms with Gasteiger partial charge in [0.1, 0.15) is 0 Å². The second-order valence-electron chi connectivity index (χ2n) is 4.57. The van der Waals surface area contributed by atoms with Crippen molar-refractivity contribution in [3.05, 3.63) is 55.8 Å². The molecule has 2 aromatic rings. The summed E-state index contributed by atoms with van der Waals surface area (Å²) < 4.78 is 11.0. The fourth-order valence-corrected chi connectivity index (χ4v) is 2.30. The number of carbonyl (C=O) groups excluding carboxylic acids is 2. The van der Waals surface area contributed by atoms with Crippen molar-refractivity contribution in [1.82, 2.24) is 9.78 Å². The van der Waals surface area contributed by atoms with Crippen LogP contribution in [0.1, 0.15) is 26.5 Å². The van der Waals surface area contributed by atoms with Crippen molar-refractivity contribution in [3.63, 3.8) is 0 Å². The number of esters is 2. The Morgan fingerprint density at radius 2 is 1.79 bits per heavy atom. The van der Waals surface area contributed by atoms with Gasteiger partial charge in [-0.1, -0.05) is 28.1 Å². The highest BCUT2D eigenvalue weighted by atomic mass is 79.9. The molecule has 0 unspecified atom stereocenters. The summed E-state index contributed by atoms with van der Waals surface area (Å²) in [6.07, 6.45) is 0. The molecule has 1 aromatic carbocycles. The average molecular weight is 398 g/mol. The number of ether oxygens (including phenoxy) is 2. The Morgan fingerprint density at radius 3 is 2.29 bits per heavy atom. The number of rotatable bonds is 5. The molecule has 0 fully saturated rings. The SMILES string of the molecule is COC(=O)c1nn(Cc2ccc(Br)cc2)c(C(=O)OC)c1[N+](=O)[O-]. The molecule has 0 amide bonds. The van der Waals surface area contributed by atoms with Gasteiger partial charge in [0.2, 0.25) is 11.4 Å². The van der Waals surface area contributed by atoms with Gasteiger partial charge >= 0.3 is 17.6 Å². The van der Waals surface area contributed by atoms with Crippen LogP contribution in [-0.4, -0.2) is 40.9 Å². The predicted octanol–water partition coefficient (Wildman–Crippen LogP) is 2.18. The van der Waals surface area contributed by atoms with Crippen LogP contribution in [0.2, 0.25) is 0 Å². The third-order valence-corrected chi connectivity index (χ3v) is 3.64. The fourth-order valence-electron chi connectivity index (χ4n) is 2.04. The lowest BCUT2D eigenvalue weighted by molar-refractivity contribution is -0.385. The third kappa shape index (κ3) is 3.43. The molecule has 0 aliphatic heterocycles. The lowest BCUT2D eigenvalue weighted by Gasteiger charge is -2.05. The van der Waals surface area contributed by atoms with Crippen molar-refractivity contribution in [2.45, 2.75) is 6.54 Å². The largest absolute Gasteiger partial charge is 0.464 e. The van der Waals surface area contributed by atoms with Crippen molar-refractivity contribution in [2.24, 2.45) is 0 Å². The Bertz CT molecular complexity index is 800. The highest BCUT2D eigenvalue weighted by molar-refractivity contribution is 9.10. The van der Waals surface area contributed by atoms with E-state index >= 15 is 0 Å². The van der Waals surface area contributed by atoms with E-state index in [1.165, 1.54) is 0 Å². The van der Waals surface area contributed by atoms with Crippen molar-refractivity contribution in [3.8, 4) is 0 Å². The maximum absolute atomic E-state index is 12.0. The van der Waals surface area contributed by atoms with E-state index in [1.807, 2.05) is 0 Å². The van der Waals surface area contributed by atoms with Crippen LogP contribution in [-0.2, 0) is 16.0 Å². The van der Waals surface area contributed by atoms with Crippen molar-refractivity contribution in [2.75, 3.05) is 14.2 Å². The monoisotopic (exact) mass is 397 g/mol. The van der Waals surface area contributed by atoms with Crippen molar-refractivity contribution in [1.29, 1.82) is 0 Å². The Balaban J connectivity index is 2.60. The molecule has 0 N–H and O–H groups in total. The summed E-state index contributed by atoms with van der Waals surface area (Å²) in [5.41, 5.74) is -1.01. The van der Waals surface area contributed by atoms with Gasteiger partial charge in [0, 0.05) is 4.47 Å².